The van der Waals surface area contributed by atoms with Crippen LogP contribution < -0.4 is 10.6 Å². The molecular weight excluding hydrogens is 468 g/mol. The Kier molecular flexibility index (Phi) is 6.91. The van der Waals surface area contributed by atoms with Crippen molar-refractivity contribution < 1.29 is 9.90 Å². The quantitative estimate of drug-likeness (QED) is 0.256. The molecule has 0 fully saturated rings. The Bertz CT molecular complexity index is 1500. The highest BCUT2D eigenvalue weighted by Gasteiger charge is 2.11. The number of amides is 1. The normalized spacial score (nSPS) is 10.8. The fourth-order valence-corrected chi connectivity index (χ4v) is 3.64. The number of nitrogens with zero attached hydrogens (tertiary/aromatic N) is 5. The summed E-state index contributed by atoms with van der Waals surface area (Å²) >= 11 is 0. The highest BCUT2D eigenvalue weighted by atomic mass is 16.3. The number of benzene rings is 1. The molecule has 0 bridgehead atoms. The van der Waals surface area contributed by atoms with E-state index in [0.29, 0.717) is 35.3 Å². The van der Waals surface area contributed by atoms with Crippen molar-refractivity contribution in [2.45, 2.75) is 20.1 Å². The van der Waals surface area contributed by atoms with E-state index in [4.69, 9.17) is 0 Å². The molecule has 0 atom stereocenters. The molecule has 0 aliphatic rings. The average molecular weight is 493 g/mol. The van der Waals surface area contributed by atoms with Crippen LogP contribution in [0.15, 0.2) is 79.1 Å². The van der Waals surface area contributed by atoms with Gasteiger partial charge in [0.05, 0.1) is 18.0 Å². The van der Waals surface area contributed by atoms with Crippen LogP contribution in [0.2, 0.25) is 0 Å². The van der Waals surface area contributed by atoms with Gasteiger partial charge in [-0.1, -0.05) is 36.4 Å². The third kappa shape index (κ3) is 5.82. The van der Waals surface area contributed by atoms with Crippen LogP contribution in [-0.2, 0) is 13.2 Å². The second-order valence-electron chi connectivity index (χ2n) is 8.31. The van der Waals surface area contributed by atoms with Crippen LogP contribution in [0.3, 0.4) is 0 Å². The number of carbonyl (C=O) groups excluding carboxylic acids is 1. The van der Waals surface area contributed by atoms with E-state index >= 15 is 0 Å². The highest BCUT2D eigenvalue weighted by Crippen LogP contribution is 2.20. The van der Waals surface area contributed by atoms with E-state index in [-0.39, 0.29) is 18.2 Å². The number of nitrogens with one attached hydrogen (secondary N) is 3. The number of aliphatic hydroxyl groups excluding tert-OH is 1. The molecule has 4 N–H and O–H groups in total. The van der Waals surface area contributed by atoms with Crippen molar-refractivity contribution >= 4 is 17.5 Å². The van der Waals surface area contributed by atoms with E-state index in [1.165, 1.54) is 0 Å². The molecule has 10 nitrogen and oxygen atoms in total. The second kappa shape index (κ2) is 10.8. The third-order valence-corrected chi connectivity index (χ3v) is 5.51. The molecule has 0 aliphatic heterocycles. The van der Waals surface area contributed by atoms with E-state index in [9.17, 15) is 9.90 Å². The molecule has 4 aromatic heterocycles. The van der Waals surface area contributed by atoms with Gasteiger partial charge in [0, 0.05) is 47.9 Å². The summed E-state index contributed by atoms with van der Waals surface area (Å²) in [5.74, 6) is 1.25. The molecule has 0 unspecified atom stereocenters. The maximum Gasteiger partial charge on any atom is 0.270 e. The van der Waals surface area contributed by atoms with Gasteiger partial charge in [-0.15, -0.1) is 0 Å². The molecular formula is C27H24N8O2. The Balaban J connectivity index is 1.22. The zero-order chi connectivity index (χ0) is 25.6. The first-order chi connectivity index (χ1) is 18.1. The van der Waals surface area contributed by atoms with Crippen LogP contribution in [0.25, 0.3) is 22.6 Å². The Morgan fingerprint density at radius 3 is 2.49 bits per heavy atom. The van der Waals surface area contributed by atoms with Gasteiger partial charge in [-0.05, 0) is 30.7 Å². The van der Waals surface area contributed by atoms with Crippen LogP contribution in [-0.4, -0.2) is 41.1 Å². The molecule has 184 valence electrons. The molecule has 5 rings (SSSR count). The molecule has 10 heteroatoms. The first kappa shape index (κ1) is 23.8. The summed E-state index contributed by atoms with van der Waals surface area (Å²) in [5, 5.41) is 22.0. The van der Waals surface area contributed by atoms with Gasteiger partial charge in [-0.25, -0.2) is 9.97 Å². The summed E-state index contributed by atoms with van der Waals surface area (Å²) in [6, 6.07) is 20.7. The van der Waals surface area contributed by atoms with E-state index < -0.39 is 0 Å². The molecule has 5 aromatic rings. The number of aryl methyl sites for hydroxylation is 1. The van der Waals surface area contributed by atoms with Crippen LogP contribution in [0, 0.1) is 6.92 Å². The molecule has 1 aromatic carbocycles. The van der Waals surface area contributed by atoms with E-state index in [1.54, 1.807) is 36.7 Å². The van der Waals surface area contributed by atoms with Gasteiger partial charge in [0.1, 0.15) is 11.5 Å². The minimum Gasteiger partial charge on any atom is -0.390 e. The molecule has 1 amide bonds. The topological polar surface area (TPSA) is 142 Å². The third-order valence-electron chi connectivity index (χ3n) is 5.51. The molecule has 0 spiro atoms. The van der Waals surface area contributed by atoms with Gasteiger partial charge >= 0.3 is 0 Å². The lowest BCUT2D eigenvalue weighted by atomic mass is 10.1. The first-order valence-corrected chi connectivity index (χ1v) is 11.6. The SMILES string of the molecule is Cc1cc(Nc2cc(CO)[nH]n2)nc(-c2ccc(C(=O)NCc3ccc(-c4ccccc4)nc3)nc2)n1. The Morgan fingerprint density at radius 1 is 0.919 bits per heavy atom. The van der Waals surface area contributed by atoms with E-state index in [2.05, 4.69) is 40.8 Å². The summed E-state index contributed by atoms with van der Waals surface area (Å²) in [4.78, 5) is 30.4. The van der Waals surface area contributed by atoms with Crippen molar-refractivity contribution in [2.24, 2.45) is 0 Å². The number of hydrogen-bond donors (Lipinski definition) is 4. The Morgan fingerprint density at radius 2 is 1.78 bits per heavy atom. The minimum atomic E-state index is -0.288. The van der Waals surface area contributed by atoms with Crippen LogP contribution in [0.5, 0.6) is 0 Å². The highest BCUT2D eigenvalue weighted by molar-refractivity contribution is 5.92. The maximum atomic E-state index is 12.6. The van der Waals surface area contributed by atoms with Gasteiger partial charge in [0.15, 0.2) is 11.6 Å². The zero-order valence-corrected chi connectivity index (χ0v) is 20.0. The van der Waals surface area contributed by atoms with Gasteiger partial charge in [0.25, 0.3) is 5.91 Å². The zero-order valence-electron chi connectivity index (χ0n) is 20.0. The number of carbonyl (C=O) groups is 1. The van der Waals surface area contributed by atoms with E-state index in [0.717, 1.165) is 22.5 Å². The van der Waals surface area contributed by atoms with Crippen molar-refractivity contribution in [2.75, 3.05) is 5.32 Å². The summed E-state index contributed by atoms with van der Waals surface area (Å²) < 4.78 is 0. The standard InChI is InChI=1S/C27H24N8O2/c1-17-11-24(32-25-12-21(16-36)34-35-25)33-26(31-17)20-8-10-23(29-15-20)27(37)30-14-18-7-9-22(28-13-18)19-5-3-2-4-6-19/h2-13,15,36H,14,16H2,1H3,(H,30,37)(H2,31,32,33,34,35). The first-order valence-electron chi connectivity index (χ1n) is 11.6. The summed E-state index contributed by atoms with van der Waals surface area (Å²) in [6.07, 6.45) is 3.33. The minimum absolute atomic E-state index is 0.133. The summed E-state index contributed by atoms with van der Waals surface area (Å²) in [7, 11) is 0. The number of hydrogen-bond acceptors (Lipinski definition) is 8. The predicted molar refractivity (Wildman–Crippen MR) is 139 cm³/mol. The largest absolute Gasteiger partial charge is 0.390 e. The van der Waals surface area contributed by atoms with Crippen molar-refractivity contribution in [1.82, 2.24) is 35.5 Å². The number of aliphatic hydroxyl groups is 1. The molecule has 37 heavy (non-hydrogen) atoms. The average Bonchev–Trinajstić information content (AvgIpc) is 3.40. The van der Waals surface area contributed by atoms with Crippen molar-refractivity contribution in [3.05, 3.63) is 102 Å². The monoisotopic (exact) mass is 492 g/mol. The lowest BCUT2D eigenvalue weighted by Crippen LogP contribution is -2.23. The van der Waals surface area contributed by atoms with E-state index in [1.807, 2.05) is 49.4 Å². The van der Waals surface area contributed by atoms with Crippen molar-refractivity contribution in [3.8, 4) is 22.6 Å². The number of pyridine rings is 2. The Labute approximate surface area is 212 Å². The summed E-state index contributed by atoms with van der Waals surface area (Å²) in [6.45, 7) is 2.06. The van der Waals surface area contributed by atoms with Crippen molar-refractivity contribution in [3.63, 3.8) is 0 Å². The smallest absolute Gasteiger partial charge is 0.270 e. The predicted octanol–water partition coefficient (Wildman–Crippen LogP) is 3.80. The summed E-state index contributed by atoms with van der Waals surface area (Å²) in [5.41, 5.74) is 5.11. The van der Waals surface area contributed by atoms with Crippen molar-refractivity contribution in [1.29, 1.82) is 0 Å². The number of anilines is 2. The molecule has 4 heterocycles. The fourth-order valence-electron chi connectivity index (χ4n) is 3.64. The van der Waals surface area contributed by atoms with Crippen LogP contribution >= 0.6 is 0 Å². The molecule has 0 saturated carbocycles. The molecule has 0 aliphatic carbocycles. The fraction of sp³-hybridized carbons (Fsp3) is 0.111. The lowest BCUT2D eigenvalue weighted by Gasteiger charge is -2.08. The van der Waals surface area contributed by atoms with Gasteiger partial charge in [-0.2, -0.15) is 5.10 Å². The number of H-pyrrole nitrogens is 1. The van der Waals surface area contributed by atoms with Gasteiger partial charge in [0.2, 0.25) is 0 Å². The van der Waals surface area contributed by atoms with Crippen LogP contribution in [0.4, 0.5) is 11.6 Å². The second-order valence-corrected chi connectivity index (χ2v) is 8.31. The number of aromatic nitrogens is 6. The number of rotatable bonds is 8. The van der Waals surface area contributed by atoms with Gasteiger partial charge < -0.3 is 15.7 Å². The maximum absolute atomic E-state index is 12.6. The molecule has 0 radical (unpaired) electrons. The molecule has 0 saturated heterocycles. The Hall–Kier alpha value is -4.96. The van der Waals surface area contributed by atoms with Gasteiger partial charge in [-0.3, -0.25) is 19.9 Å². The number of aromatic amines is 1. The lowest BCUT2D eigenvalue weighted by molar-refractivity contribution is 0.0946. The van der Waals surface area contributed by atoms with Crippen LogP contribution in [0.1, 0.15) is 27.4 Å².